The maximum atomic E-state index is 14.9. The van der Waals surface area contributed by atoms with Crippen molar-refractivity contribution in [1.29, 1.82) is 0 Å². The number of carbonyl (C=O) groups is 1. The van der Waals surface area contributed by atoms with E-state index in [1.807, 2.05) is 19.0 Å². The van der Waals surface area contributed by atoms with Gasteiger partial charge in [-0.05, 0) is 62.5 Å². The average molecular weight is 629 g/mol. The molecule has 0 unspecified atom stereocenters. The molecule has 0 aliphatic carbocycles. The monoisotopic (exact) mass is 628 g/mol. The summed E-state index contributed by atoms with van der Waals surface area (Å²) in [4.78, 5) is 27.9. The fourth-order valence-corrected chi connectivity index (χ4v) is 5.50. The number of ether oxygens (including phenoxy) is 2. The summed E-state index contributed by atoms with van der Waals surface area (Å²) in [5.74, 6) is -1.45. The molecule has 0 saturated carbocycles. The fraction of sp³-hybridized carbons (Fsp3) is 0.233. The maximum absolute atomic E-state index is 14.9. The Labute approximate surface area is 257 Å². The number of nitro groups is 1. The van der Waals surface area contributed by atoms with E-state index in [-0.39, 0.29) is 40.3 Å². The minimum Gasteiger partial charge on any atom is -0.483 e. The van der Waals surface area contributed by atoms with Gasteiger partial charge in [0.2, 0.25) is 0 Å². The van der Waals surface area contributed by atoms with E-state index >= 15 is 0 Å². The molecule has 0 saturated heterocycles. The molecule has 1 heterocycles. The van der Waals surface area contributed by atoms with Gasteiger partial charge in [0.25, 0.3) is 5.69 Å². The molecule has 3 rings (SSSR count). The van der Waals surface area contributed by atoms with Crippen LogP contribution in [0.5, 0.6) is 0 Å². The molecule has 3 aromatic rings. The van der Waals surface area contributed by atoms with Gasteiger partial charge >= 0.3 is 6.09 Å². The van der Waals surface area contributed by atoms with Crippen molar-refractivity contribution >= 4 is 33.8 Å². The molecule has 44 heavy (non-hydrogen) atoms. The molecular weight excluding hydrogens is 594 g/mol. The number of non-ortho nitro benzene ring substituents is 1. The number of rotatable bonds is 13. The second-order valence-electron chi connectivity index (χ2n) is 9.62. The van der Waals surface area contributed by atoms with Gasteiger partial charge in [-0.2, -0.15) is 0 Å². The average Bonchev–Trinajstić information content (AvgIpc) is 3.33. The summed E-state index contributed by atoms with van der Waals surface area (Å²) in [5.41, 5.74) is 13.4. The Hall–Kier alpha value is -4.95. The number of nitro benzene ring substituents is 1. The van der Waals surface area contributed by atoms with Crippen LogP contribution >= 0.6 is 11.3 Å². The van der Waals surface area contributed by atoms with Crippen molar-refractivity contribution < 1.29 is 28.0 Å². The van der Waals surface area contributed by atoms with Gasteiger partial charge in [0.15, 0.2) is 5.88 Å². The Morgan fingerprint density at radius 1 is 1.09 bits per heavy atom. The van der Waals surface area contributed by atoms with Crippen LogP contribution in [0.3, 0.4) is 0 Å². The quantitative estimate of drug-likeness (QED) is 0.0947. The standard InChI is InChI=1S/C30H34F2N6O5S/c1-6-43-30(39)37(17-21-23(31)8-7-9-24(21)32)29-27(18(2)35-25(33)14-15-26(34)42-5)22(16-36(3)4)28(44-29)19-10-12-20(13-11-19)38(40)41/h7-15,35H,2,6,16-17,33-34H2,1,3-5H3/b25-14+,26-15+. The van der Waals surface area contributed by atoms with Crippen molar-refractivity contribution in [3.63, 3.8) is 0 Å². The summed E-state index contributed by atoms with van der Waals surface area (Å²) in [6.07, 6.45) is 2.03. The summed E-state index contributed by atoms with van der Waals surface area (Å²) < 4.78 is 40.0. The molecule has 0 bridgehead atoms. The summed E-state index contributed by atoms with van der Waals surface area (Å²) in [7, 11) is 5.07. The van der Waals surface area contributed by atoms with Crippen LogP contribution in [0.4, 0.5) is 24.3 Å². The van der Waals surface area contributed by atoms with Crippen molar-refractivity contribution in [1.82, 2.24) is 10.2 Å². The van der Waals surface area contributed by atoms with Crippen LogP contribution in [0, 0.1) is 21.7 Å². The largest absolute Gasteiger partial charge is 0.483 e. The van der Waals surface area contributed by atoms with E-state index in [9.17, 15) is 23.7 Å². The molecule has 1 aromatic heterocycles. The number of carbonyl (C=O) groups excluding carboxylic acids is 1. The van der Waals surface area contributed by atoms with Crippen LogP contribution in [0.2, 0.25) is 0 Å². The van der Waals surface area contributed by atoms with Crippen molar-refractivity contribution in [2.75, 3.05) is 32.7 Å². The number of nitrogens with two attached hydrogens (primary N) is 2. The van der Waals surface area contributed by atoms with Gasteiger partial charge in [-0.25, -0.2) is 13.6 Å². The predicted molar refractivity (Wildman–Crippen MR) is 167 cm³/mol. The first-order valence-corrected chi connectivity index (χ1v) is 14.0. The zero-order valence-electron chi connectivity index (χ0n) is 24.7. The predicted octanol–water partition coefficient (Wildman–Crippen LogP) is 5.63. The molecule has 5 N–H and O–H groups in total. The Balaban J connectivity index is 2.32. The first-order valence-electron chi connectivity index (χ1n) is 13.2. The zero-order valence-corrected chi connectivity index (χ0v) is 25.5. The molecule has 0 atom stereocenters. The highest BCUT2D eigenvalue weighted by Crippen LogP contribution is 2.46. The van der Waals surface area contributed by atoms with E-state index in [2.05, 4.69) is 11.9 Å². The molecule has 234 valence electrons. The maximum Gasteiger partial charge on any atom is 0.415 e. The highest BCUT2D eigenvalue weighted by atomic mass is 32.1. The number of hydrogen-bond donors (Lipinski definition) is 3. The van der Waals surface area contributed by atoms with Gasteiger partial charge in [0.1, 0.15) is 22.5 Å². The summed E-state index contributed by atoms with van der Waals surface area (Å²) in [5, 5.41) is 14.6. The second kappa shape index (κ2) is 15.0. The fourth-order valence-electron chi connectivity index (χ4n) is 4.17. The Kier molecular flexibility index (Phi) is 11.4. The molecule has 14 heteroatoms. The highest BCUT2D eigenvalue weighted by Gasteiger charge is 2.31. The number of nitrogens with zero attached hydrogens (tertiary/aromatic N) is 3. The van der Waals surface area contributed by atoms with Crippen LogP contribution < -0.4 is 21.7 Å². The van der Waals surface area contributed by atoms with Gasteiger partial charge in [0, 0.05) is 46.5 Å². The van der Waals surface area contributed by atoms with Gasteiger partial charge in [-0.15, -0.1) is 11.3 Å². The number of amides is 1. The van der Waals surface area contributed by atoms with Gasteiger partial charge in [0.05, 0.1) is 25.2 Å². The number of anilines is 1. The lowest BCUT2D eigenvalue weighted by atomic mass is 10.0. The van der Waals surface area contributed by atoms with Gasteiger partial charge < -0.3 is 31.2 Å². The van der Waals surface area contributed by atoms with E-state index in [0.717, 1.165) is 28.4 Å². The van der Waals surface area contributed by atoms with E-state index in [0.29, 0.717) is 28.1 Å². The number of halogens is 2. The van der Waals surface area contributed by atoms with E-state index in [1.54, 1.807) is 19.1 Å². The molecule has 0 radical (unpaired) electrons. The minimum absolute atomic E-state index is 0.00228. The van der Waals surface area contributed by atoms with Crippen molar-refractivity contribution in [2.24, 2.45) is 11.5 Å². The zero-order chi connectivity index (χ0) is 32.6. The SMILES string of the molecule is C=C(N/C(N)=C/C=C(\N)OC)c1c(N(Cc2c(F)cccc2F)C(=O)OCC)sc(-c2ccc([N+](=O)[O-])cc2)c1CN(C)C. The van der Waals surface area contributed by atoms with Crippen molar-refractivity contribution in [3.05, 3.63) is 111 Å². The first-order chi connectivity index (χ1) is 20.9. The molecule has 2 aromatic carbocycles. The lowest BCUT2D eigenvalue weighted by molar-refractivity contribution is -0.384. The third-order valence-corrected chi connectivity index (χ3v) is 7.48. The van der Waals surface area contributed by atoms with Crippen molar-refractivity contribution in [2.45, 2.75) is 20.0 Å². The lowest BCUT2D eigenvalue weighted by Crippen LogP contribution is -2.32. The van der Waals surface area contributed by atoms with Gasteiger partial charge in [-0.3, -0.25) is 15.0 Å². The van der Waals surface area contributed by atoms with Gasteiger partial charge in [-0.1, -0.05) is 12.6 Å². The van der Waals surface area contributed by atoms with Crippen LogP contribution in [-0.2, 0) is 22.6 Å². The summed E-state index contributed by atoms with van der Waals surface area (Å²) >= 11 is 1.14. The molecule has 0 fully saturated rings. The van der Waals surface area contributed by atoms with Crippen molar-refractivity contribution in [3.8, 4) is 10.4 Å². The molecule has 0 aliphatic rings. The smallest absolute Gasteiger partial charge is 0.415 e. The number of methoxy groups -OCH3 is 1. The Bertz CT molecular complexity index is 1570. The molecule has 0 aliphatic heterocycles. The van der Waals surface area contributed by atoms with E-state index < -0.39 is 29.2 Å². The molecular formula is C30H34F2N6O5S. The Morgan fingerprint density at radius 3 is 2.27 bits per heavy atom. The number of benzene rings is 2. The lowest BCUT2D eigenvalue weighted by Gasteiger charge is -2.24. The number of thiophene rings is 1. The minimum atomic E-state index is -0.851. The third-order valence-electron chi connectivity index (χ3n) is 6.17. The summed E-state index contributed by atoms with van der Waals surface area (Å²) in [6.45, 7) is 5.60. The van der Waals surface area contributed by atoms with Crippen LogP contribution in [0.25, 0.3) is 16.1 Å². The highest BCUT2D eigenvalue weighted by molar-refractivity contribution is 7.20. The molecule has 11 nitrogen and oxygen atoms in total. The van der Waals surface area contributed by atoms with E-state index in [1.165, 1.54) is 37.5 Å². The number of allylic oxidation sites excluding steroid dienone is 2. The molecule has 0 spiro atoms. The third kappa shape index (κ3) is 8.11. The molecule has 1 amide bonds. The summed E-state index contributed by atoms with van der Waals surface area (Å²) in [6, 6.07) is 9.34. The number of nitrogens with one attached hydrogen (secondary N) is 1. The number of hydrogen-bond acceptors (Lipinski definition) is 10. The first kappa shape index (κ1) is 33.6. The normalized spacial score (nSPS) is 11.8. The van der Waals surface area contributed by atoms with Crippen LogP contribution in [-0.4, -0.2) is 43.7 Å². The second-order valence-corrected chi connectivity index (χ2v) is 10.6. The van der Waals surface area contributed by atoms with E-state index in [4.69, 9.17) is 20.9 Å². The van der Waals surface area contributed by atoms with Crippen LogP contribution in [0.15, 0.2) is 72.9 Å². The van der Waals surface area contributed by atoms with Crippen LogP contribution in [0.1, 0.15) is 23.6 Å². The Morgan fingerprint density at radius 2 is 1.73 bits per heavy atom. The topological polar surface area (TPSA) is 149 Å².